The molecule has 1 atom stereocenters. The highest BCUT2D eigenvalue weighted by atomic mass is 32.1. The first-order valence-electron chi connectivity index (χ1n) is 7.05. The summed E-state index contributed by atoms with van der Waals surface area (Å²) in [6.07, 6.45) is 1.56. The number of halogens is 1. The van der Waals surface area contributed by atoms with Crippen molar-refractivity contribution in [3.63, 3.8) is 0 Å². The smallest absolute Gasteiger partial charge is 0.148 e. The number of nitrogens with one attached hydrogen (secondary N) is 1. The van der Waals surface area contributed by atoms with Crippen LogP contribution in [-0.4, -0.2) is 9.97 Å². The van der Waals surface area contributed by atoms with Crippen LogP contribution in [0.15, 0.2) is 59.6 Å². The predicted molar refractivity (Wildman–Crippen MR) is 93.6 cm³/mol. The van der Waals surface area contributed by atoms with Gasteiger partial charge in [0.15, 0.2) is 0 Å². The summed E-state index contributed by atoms with van der Waals surface area (Å²) in [7, 11) is 0. The summed E-state index contributed by atoms with van der Waals surface area (Å²) >= 11 is 3.27. The van der Waals surface area contributed by atoms with E-state index in [9.17, 15) is 4.39 Å². The minimum Gasteiger partial charge on any atom is -0.357 e. The molecule has 0 fully saturated rings. The zero-order valence-electron chi connectivity index (χ0n) is 11.9. The molecule has 1 aromatic carbocycles. The van der Waals surface area contributed by atoms with E-state index >= 15 is 0 Å². The number of benzene rings is 1. The lowest BCUT2D eigenvalue weighted by Crippen LogP contribution is -2.12. The number of thiophene rings is 2. The molecule has 4 aromatic rings. The van der Waals surface area contributed by atoms with Gasteiger partial charge in [0.25, 0.3) is 0 Å². The molecule has 0 aliphatic carbocycles. The molecule has 0 bridgehead atoms. The molecule has 0 radical (unpaired) electrons. The Morgan fingerprint density at radius 1 is 0.957 bits per heavy atom. The first kappa shape index (κ1) is 14.3. The number of rotatable bonds is 4. The van der Waals surface area contributed by atoms with E-state index in [4.69, 9.17) is 0 Å². The van der Waals surface area contributed by atoms with Gasteiger partial charge in [0, 0.05) is 4.88 Å². The van der Waals surface area contributed by atoms with Crippen molar-refractivity contribution in [1.82, 2.24) is 9.97 Å². The van der Waals surface area contributed by atoms with E-state index in [1.165, 1.54) is 12.1 Å². The number of fused-ring (bicyclic) bond motifs is 1. The summed E-state index contributed by atoms with van der Waals surface area (Å²) in [5.41, 5.74) is 1.92. The van der Waals surface area contributed by atoms with Crippen molar-refractivity contribution in [2.75, 3.05) is 5.32 Å². The Bertz CT molecular complexity index is 917. The first-order valence-corrected chi connectivity index (χ1v) is 8.81. The van der Waals surface area contributed by atoms with Gasteiger partial charge in [-0.15, -0.1) is 22.7 Å². The van der Waals surface area contributed by atoms with E-state index in [0.29, 0.717) is 0 Å². The Morgan fingerprint density at radius 2 is 1.83 bits per heavy atom. The van der Waals surface area contributed by atoms with Crippen LogP contribution in [0.1, 0.15) is 16.5 Å². The maximum Gasteiger partial charge on any atom is 0.148 e. The summed E-state index contributed by atoms with van der Waals surface area (Å²) < 4.78 is 14.3. The fraction of sp³-hybridized carbons (Fsp3) is 0.0588. The second kappa shape index (κ2) is 6.06. The highest BCUT2D eigenvalue weighted by molar-refractivity contribution is 7.17. The molecular weight excluding hydrogens is 329 g/mol. The zero-order chi connectivity index (χ0) is 15.6. The van der Waals surface area contributed by atoms with Gasteiger partial charge in [0.2, 0.25) is 0 Å². The average molecular weight is 341 g/mol. The average Bonchev–Trinajstić information content (AvgIpc) is 3.25. The number of hydrogen-bond acceptors (Lipinski definition) is 5. The van der Waals surface area contributed by atoms with Gasteiger partial charge in [0.05, 0.1) is 16.3 Å². The van der Waals surface area contributed by atoms with Crippen LogP contribution in [0, 0.1) is 5.82 Å². The molecule has 6 heteroatoms. The van der Waals surface area contributed by atoms with Crippen molar-refractivity contribution < 1.29 is 4.39 Å². The largest absolute Gasteiger partial charge is 0.357 e. The standard InChI is InChI=1S/C17H12FN3S2/c18-12-5-3-11(4-6-12)15(14-2-1-8-22-14)21-17-16-13(7-9-23-16)19-10-20-17/h1-10,15H,(H,19,20,21)/t15-/m1/s1. The summed E-state index contributed by atoms with van der Waals surface area (Å²) in [5, 5.41) is 7.53. The summed E-state index contributed by atoms with van der Waals surface area (Å²) in [4.78, 5) is 9.81. The molecule has 0 amide bonds. The molecule has 0 aliphatic rings. The topological polar surface area (TPSA) is 37.8 Å². The Labute approximate surface area is 140 Å². The van der Waals surface area contributed by atoms with Gasteiger partial charge in [-0.3, -0.25) is 0 Å². The maximum atomic E-state index is 13.2. The maximum absolute atomic E-state index is 13.2. The van der Waals surface area contributed by atoms with Crippen LogP contribution in [-0.2, 0) is 0 Å². The van der Waals surface area contributed by atoms with E-state index in [-0.39, 0.29) is 11.9 Å². The SMILES string of the molecule is Fc1ccc([C@@H](Nc2ncnc3ccsc23)c2cccs2)cc1. The van der Waals surface area contributed by atoms with E-state index in [1.54, 1.807) is 41.1 Å². The third kappa shape index (κ3) is 2.83. The number of nitrogens with zero attached hydrogens (tertiary/aromatic N) is 2. The lowest BCUT2D eigenvalue weighted by atomic mass is 10.1. The predicted octanol–water partition coefficient (Wildman–Crippen LogP) is 5.09. The highest BCUT2D eigenvalue weighted by Gasteiger charge is 2.17. The molecule has 0 saturated heterocycles. The van der Waals surface area contributed by atoms with Crippen molar-refractivity contribution in [2.24, 2.45) is 0 Å². The minimum atomic E-state index is -0.235. The Hall–Kier alpha value is -2.31. The van der Waals surface area contributed by atoms with Crippen LogP contribution in [0.2, 0.25) is 0 Å². The molecule has 0 unspecified atom stereocenters. The van der Waals surface area contributed by atoms with Crippen LogP contribution < -0.4 is 5.32 Å². The van der Waals surface area contributed by atoms with E-state index < -0.39 is 0 Å². The summed E-state index contributed by atoms with van der Waals surface area (Å²) in [6.45, 7) is 0. The summed E-state index contributed by atoms with van der Waals surface area (Å²) in [5.74, 6) is 0.564. The third-order valence-electron chi connectivity index (χ3n) is 3.56. The zero-order valence-corrected chi connectivity index (χ0v) is 13.6. The lowest BCUT2D eigenvalue weighted by Gasteiger charge is -2.19. The minimum absolute atomic E-state index is 0.0733. The second-order valence-electron chi connectivity index (χ2n) is 5.00. The van der Waals surface area contributed by atoms with Gasteiger partial charge in [-0.1, -0.05) is 18.2 Å². The third-order valence-corrected chi connectivity index (χ3v) is 5.40. The molecule has 0 spiro atoms. The number of aromatic nitrogens is 2. The van der Waals surface area contributed by atoms with Crippen LogP contribution in [0.3, 0.4) is 0 Å². The van der Waals surface area contributed by atoms with E-state index in [1.807, 2.05) is 22.9 Å². The monoisotopic (exact) mass is 341 g/mol. The van der Waals surface area contributed by atoms with Crippen LogP contribution in [0.25, 0.3) is 10.2 Å². The van der Waals surface area contributed by atoms with Gasteiger partial charge in [-0.2, -0.15) is 0 Å². The molecule has 4 rings (SSSR count). The molecule has 114 valence electrons. The fourth-order valence-electron chi connectivity index (χ4n) is 2.46. The first-order chi connectivity index (χ1) is 11.3. The molecule has 1 N–H and O–H groups in total. The quantitative estimate of drug-likeness (QED) is 0.561. The molecule has 0 saturated carbocycles. The van der Waals surface area contributed by atoms with Crippen LogP contribution >= 0.6 is 22.7 Å². The van der Waals surface area contributed by atoms with E-state index in [2.05, 4.69) is 21.4 Å². The van der Waals surface area contributed by atoms with Gasteiger partial charge >= 0.3 is 0 Å². The Balaban J connectivity index is 1.77. The Morgan fingerprint density at radius 3 is 2.61 bits per heavy atom. The van der Waals surface area contributed by atoms with Crippen molar-refractivity contribution in [1.29, 1.82) is 0 Å². The van der Waals surface area contributed by atoms with Gasteiger partial charge in [-0.05, 0) is 40.6 Å². The normalized spacial score (nSPS) is 12.4. The van der Waals surface area contributed by atoms with Crippen LogP contribution in [0.4, 0.5) is 10.2 Å². The Kier molecular flexibility index (Phi) is 3.77. The number of hydrogen-bond donors (Lipinski definition) is 1. The fourth-order valence-corrected chi connectivity index (χ4v) is 4.06. The molecule has 3 aromatic heterocycles. The van der Waals surface area contributed by atoms with Crippen LogP contribution in [0.5, 0.6) is 0 Å². The van der Waals surface area contributed by atoms with Crippen molar-refractivity contribution in [2.45, 2.75) is 6.04 Å². The summed E-state index contributed by atoms with van der Waals surface area (Å²) in [6, 6.07) is 12.6. The molecular formula is C17H12FN3S2. The van der Waals surface area contributed by atoms with Gasteiger partial charge < -0.3 is 5.32 Å². The van der Waals surface area contributed by atoms with Crippen molar-refractivity contribution in [3.05, 3.63) is 75.8 Å². The lowest BCUT2D eigenvalue weighted by molar-refractivity contribution is 0.626. The molecule has 3 heterocycles. The van der Waals surface area contributed by atoms with Gasteiger partial charge in [-0.25, -0.2) is 14.4 Å². The highest BCUT2D eigenvalue weighted by Crippen LogP contribution is 2.33. The molecule has 23 heavy (non-hydrogen) atoms. The van der Waals surface area contributed by atoms with E-state index in [0.717, 1.165) is 26.5 Å². The van der Waals surface area contributed by atoms with Crippen molar-refractivity contribution >= 4 is 38.7 Å². The molecule has 0 aliphatic heterocycles. The van der Waals surface area contributed by atoms with Gasteiger partial charge in [0.1, 0.15) is 18.0 Å². The second-order valence-corrected chi connectivity index (χ2v) is 6.90. The van der Waals surface area contributed by atoms with Crippen molar-refractivity contribution in [3.8, 4) is 0 Å². The number of anilines is 1. The molecule has 3 nitrogen and oxygen atoms in total.